The Bertz CT molecular complexity index is 415. The van der Waals surface area contributed by atoms with E-state index in [2.05, 4.69) is 36.6 Å². The van der Waals surface area contributed by atoms with Crippen LogP contribution in [0.5, 0.6) is 0 Å². The molecule has 0 spiro atoms. The van der Waals surface area contributed by atoms with Crippen molar-refractivity contribution in [1.29, 1.82) is 0 Å². The molecule has 1 rings (SSSR count). The average Bonchev–Trinajstić information content (AvgIpc) is 2.27. The van der Waals surface area contributed by atoms with E-state index < -0.39 is 0 Å². The minimum absolute atomic E-state index is 0.0143. The molecule has 0 saturated carbocycles. The number of anilines is 1. The van der Waals surface area contributed by atoms with E-state index in [1.165, 1.54) is 5.56 Å². The Labute approximate surface area is 116 Å². The second kappa shape index (κ2) is 6.09. The Kier molecular flexibility index (Phi) is 4.98. The maximum atomic E-state index is 12.0. The van der Waals surface area contributed by atoms with Gasteiger partial charge in [0.1, 0.15) is 6.04 Å². The molecule has 0 aliphatic carbocycles. The molecule has 2 N–H and O–H groups in total. The van der Waals surface area contributed by atoms with Gasteiger partial charge in [-0.25, -0.2) is 0 Å². The molecule has 0 saturated heterocycles. The van der Waals surface area contributed by atoms with Crippen molar-refractivity contribution in [3.8, 4) is 0 Å². The topological polar surface area (TPSA) is 41.1 Å². The zero-order chi connectivity index (χ0) is 14.6. The molecule has 1 aromatic rings. The highest BCUT2D eigenvalue weighted by molar-refractivity contribution is 5.84. The molecule has 0 aromatic heterocycles. The number of carbonyl (C=O) groups is 1. The molecule has 0 fully saturated rings. The van der Waals surface area contributed by atoms with Crippen molar-refractivity contribution in [2.45, 2.75) is 59.0 Å². The number of nitrogens with one attached hydrogen (secondary N) is 2. The van der Waals surface area contributed by atoms with E-state index in [1.807, 2.05) is 39.8 Å². The summed E-state index contributed by atoms with van der Waals surface area (Å²) in [5.74, 6) is 0.538. The van der Waals surface area contributed by atoms with E-state index in [9.17, 15) is 4.79 Å². The summed E-state index contributed by atoms with van der Waals surface area (Å²) >= 11 is 0. The van der Waals surface area contributed by atoms with E-state index >= 15 is 0 Å². The fraction of sp³-hybridized carbons (Fsp3) is 0.562. The van der Waals surface area contributed by atoms with Crippen LogP contribution in [0.1, 0.15) is 53.0 Å². The standard InChI is InChI=1S/C16H26N2O/c1-11(2)13-7-9-14(10-8-13)17-12(3)15(19)18-16(4,5)6/h7-12,17H,1-6H3,(H,18,19). The second-order valence-corrected chi connectivity index (χ2v) is 6.38. The molecular weight excluding hydrogens is 236 g/mol. The molecule has 0 bridgehead atoms. The number of benzene rings is 1. The van der Waals surface area contributed by atoms with Crippen LogP contribution in [0.2, 0.25) is 0 Å². The maximum absolute atomic E-state index is 12.0. The Morgan fingerprint density at radius 3 is 2.00 bits per heavy atom. The minimum atomic E-state index is -0.246. The number of hydrogen-bond acceptors (Lipinski definition) is 2. The highest BCUT2D eigenvalue weighted by atomic mass is 16.2. The van der Waals surface area contributed by atoms with Crippen molar-refractivity contribution in [2.24, 2.45) is 0 Å². The normalized spacial score (nSPS) is 13.2. The van der Waals surface area contributed by atoms with Gasteiger partial charge < -0.3 is 10.6 Å². The molecule has 19 heavy (non-hydrogen) atoms. The van der Waals surface area contributed by atoms with Crippen LogP contribution in [0.15, 0.2) is 24.3 Å². The van der Waals surface area contributed by atoms with Gasteiger partial charge in [-0.1, -0.05) is 26.0 Å². The van der Waals surface area contributed by atoms with Gasteiger partial charge in [0.15, 0.2) is 0 Å². The number of rotatable bonds is 4. The third-order valence-electron chi connectivity index (χ3n) is 2.85. The van der Waals surface area contributed by atoms with Gasteiger partial charge in [0, 0.05) is 11.2 Å². The van der Waals surface area contributed by atoms with Crippen LogP contribution < -0.4 is 10.6 Å². The van der Waals surface area contributed by atoms with E-state index in [-0.39, 0.29) is 17.5 Å². The van der Waals surface area contributed by atoms with Crippen molar-refractivity contribution in [1.82, 2.24) is 5.32 Å². The second-order valence-electron chi connectivity index (χ2n) is 6.38. The van der Waals surface area contributed by atoms with E-state index in [0.717, 1.165) is 5.69 Å². The minimum Gasteiger partial charge on any atom is -0.374 e. The first-order chi connectivity index (χ1) is 8.69. The summed E-state index contributed by atoms with van der Waals surface area (Å²) in [6.07, 6.45) is 0. The SMILES string of the molecule is CC(Nc1ccc(C(C)C)cc1)C(=O)NC(C)(C)C. The fourth-order valence-corrected chi connectivity index (χ4v) is 1.76. The summed E-state index contributed by atoms with van der Waals surface area (Å²) in [7, 11) is 0. The van der Waals surface area contributed by atoms with Gasteiger partial charge in [-0.2, -0.15) is 0 Å². The predicted octanol–water partition coefficient (Wildman–Crippen LogP) is 3.53. The quantitative estimate of drug-likeness (QED) is 0.871. The highest BCUT2D eigenvalue weighted by Gasteiger charge is 2.18. The number of amides is 1. The van der Waals surface area contributed by atoms with Gasteiger partial charge >= 0.3 is 0 Å². The summed E-state index contributed by atoms with van der Waals surface area (Å²) in [5.41, 5.74) is 2.08. The van der Waals surface area contributed by atoms with Gasteiger partial charge in [-0.15, -0.1) is 0 Å². The largest absolute Gasteiger partial charge is 0.374 e. The van der Waals surface area contributed by atoms with E-state index in [1.54, 1.807) is 0 Å². The fourth-order valence-electron chi connectivity index (χ4n) is 1.76. The van der Waals surface area contributed by atoms with Crippen molar-refractivity contribution in [3.63, 3.8) is 0 Å². The first-order valence-electron chi connectivity index (χ1n) is 6.87. The smallest absolute Gasteiger partial charge is 0.242 e. The molecule has 1 unspecified atom stereocenters. The summed E-state index contributed by atoms with van der Waals surface area (Å²) in [6.45, 7) is 12.2. The molecule has 1 aromatic carbocycles. The van der Waals surface area contributed by atoms with Gasteiger partial charge in [0.2, 0.25) is 5.91 Å². The summed E-state index contributed by atoms with van der Waals surface area (Å²) < 4.78 is 0. The van der Waals surface area contributed by atoms with Crippen LogP contribution in [0.4, 0.5) is 5.69 Å². The van der Waals surface area contributed by atoms with Crippen molar-refractivity contribution >= 4 is 11.6 Å². The summed E-state index contributed by atoms with van der Waals surface area (Å²) in [5, 5.41) is 6.19. The van der Waals surface area contributed by atoms with Gasteiger partial charge in [-0.3, -0.25) is 4.79 Å². The molecule has 0 radical (unpaired) electrons. The number of carbonyl (C=O) groups excluding carboxylic acids is 1. The summed E-state index contributed by atoms with van der Waals surface area (Å²) in [6, 6.07) is 8.00. The van der Waals surface area contributed by atoms with Crippen molar-refractivity contribution < 1.29 is 4.79 Å². The Hall–Kier alpha value is -1.51. The first-order valence-corrected chi connectivity index (χ1v) is 6.87. The van der Waals surface area contributed by atoms with E-state index in [4.69, 9.17) is 0 Å². The lowest BCUT2D eigenvalue weighted by molar-refractivity contribution is -0.122. The molecule has 1 atom stereocenters. The Balaban J connectivity index is 2.61. The third kappa shape index (κ3) is 5.33. The van der Waals surface area contributed by atoms with Crippen LogP contribution in [-0.2, 0) is 4.79 Å². The van der Waals surface area contributed by atoms with Crippen LogP contribution in [0.25, 0.3) is 0 Å². The molecule has 106 valence electrons. The van der Waals surface area contributed by atoms with Gasteiger partial charge in [-0.05, 0) is 51.3 Å². The zero-order valence-electron chi connectivity index (χ0n) is 12.9. The maximum Gasteiger partial charge on any atom is 0.242 e. The Morgan fingerprint density at radius 1 is 1.05 bits per heavy atom. The summed E-state index contributed by atoms with van der Waals surface area (Å²) in [4.78, 5) is 12.0. The first kappa shape index (κ1) is 15.5. The molecule has 0 aliphatic heterocycles. The average molecular weight is 262 g/mol. The molecule has 1 amide bonds. The lowest BCUT2D eigenvalue weighted by atomic mass is 10.0. The van der Waals surface area contributed by atoms with Gasteiger partial charge in [0.05, 0.1) is 0 Å². The van der Waals surface area contributed by atoms with Crippen LogP contribution in [0, 0.1) is 0 Å². The zero-order valence-corrected chi connectivity index (χ0v) is 12.9. The third-order valence-corrected chi connectivity index (χ3v) is 2.85. The molecule has 3 nitrogen and oxygen atoms in total. The highest BCUT2D eigenvalue weighted by Crippen LogP contribution is 2.17. The Morgan fingerprint density at radius 2 is 1.58 bits per heavy atom. The predicted molar refractivity (Wildman–Crippen MR) is 81.5 cm³/mol. The number of hydrogen-bond donors (Lipinski definition) is 2. The van der Waals surface area contributed by atoms with E-state index in [0.29, 0.717) is 5.92 Å². The lowest BCUT2D eigenvalue weighted by Crippen LogP contribution is -2.47. The molecule has 3 heteroatoms. The lowest BCUT2D eigenvalue weighted by Gasteiger charge is -2.24. The van der Waals surface area contributed by atoms with Crippen molar-refractivity contribution in [3.05, 3.63) is 29.8 Å². The van der Waals surface area contributed by atoms with Gasteiger partial charge in [0.25, 0.3) is 0 Å². The monoisotopic (exact) mass is 262 g/mol. The molecular formula is C16H26N2O. The van der Waals surface area contributed by atoms with Crippen LogP contribution in [-0.4, -0.2) is 17.5 Å². The van der Waals surface area contributed by atoms with Crippen LogP contribution in [0.3, 0.4) is 0 Å². The van der Waals surface area contributed by atoms with Crippen LogP contribution >= 0.6 is 0 Å². The molecule has 0 heterocycles. The molecule has 0 aliphatic rings. The van der Waals surface area contributed by atoms with Crippen molar-refractivity contribution in [2.75, 3.05) is 5.32 Å².